The summed E-state index contributed by atoms with van der Waals surface area (Å²) in [7, 11) is 0. The van der Waals surface area contributed by atoms with Gasteiger partial charge in [-0.25, -0.2) is 4.98 Å². The van der Waals surface area contributed by atoms with E-state index in [0.717, 1.165) is 48.5 Å². The second-order valence-corrected chi connectivity index (χ2v) is 8.25. The van der Waals surface area contributed by atoms with E-state index >= 15 is 0 Å². The summed E-state index contributed by atoms with van der Waals surface area (Å²) < 4.78 is 8.38. The van der Waals surface area contributed by atoms with Crippen molar-refractivity contribution in [1.29, 1.82) is 0 Å². The third kappa shape index (κ3) is 4.07. The van der Waals surface area contributed by atoms with Crippen LogP contribution in [0, 0.1) is 13.8 Å². The number of hydrogen-bond donors (Lipinski definition) is 0. The van der Waals surface area contributed by atoms with Gasteiger partial charge in [0.05, 0.1) is 17.6 Å². The van der Waals surface area contributed by atoms with Crippen molar-refractivity contribution in [2.24, 2.45) is 0 Å². The van der Waals surface area contributed by atoms with E-state index in [4.69, 9.17) is 9.72 Å². The first-order valence-corrected chi connectivity index (χ1v) is 11.0. The molecule has 0 radical (unpaired) electrons. The molecule has 1 aromatic heterocycles. The van der Waals surface area contributed by atoms with Crippen LogP contribution in [0.25, 0.3) is 11.0 Å². The van der Waals surface area contributed by atoms with Crippen LogP contribution in [0.1, 0.15) is 49.1 Å². The summed E-state index contributed by atoms with van der Waals surface area (Å²) in [6, 6.07) is 14.4. The fourth-order valence-electron chi connectivity index (χ4n) is 4.28. The summed E-state index contributed by atoms with van der Waals surface area (Å²) in [5.41, 5.74) is 4.51. The lowest BCUT2D eigenvalue weighted by Gasteiger charge is -2.17. The van der Waals surface area contributed by atoms with Crippen LogP contribution in [0.2, 0.25) is 0 Å². The highest BCUT2D eigenvalue weighted by molar-refractivity contribution is 5.80. The first-order valence-electron chi connectivity index (χ1n) is 11.0. The summed E-state index contributed by atoms with van der Waals surface area (Å²) >= 11 is 0. The number of benzene rings is 2. The first-order chi connectivity index (χ1) is 14.6. The van der Waals surface area contributed by atoms with Crippen LogP contribution in [-0.4, -0.2) is 40.1 Å². The van der Waals surface area contributed by atoms with Crippen molar-refractivity contribution in [2.45, 2.75) is 52.5 Å². The number of imidazole rings is 1. The molecule has 1 atom stereocenters. The van der Waals surface area contributed by atoms with Gasteiger partial charge in [-0.15, -0.1) is 0 Å². The Hall–Kier alpha value is -2.82. The average Bonchev–Trinajstić information content (AvgIpc) is 3.30. The number of aromatic nitrogens is 2. The molecule has 2 aromatic carbocycles. The molecule has 1 amide bonds. The zero-order valence-electron chi connectivity index (χ0n) is 18.2. The third-order valence-corrected chi connectivity index (χ3v) is 6.17. The van der Waals surface area contributed by atoms with Gasteiger partial charge in [-0.2, -0.15) is 0 Å². The maximum Gasteiger partial charge on any atom is 0.223 e. The number of likely N-dealkylation sites (tertiary alicyclic amines) is 1. The fourth-order valence-corrected chi connectivity index (χ4v) is 4.28. The highest BCUT2D eigenvalue weighted by atomic mass is 16.5. The minimum Gasteiger partial charge on any atom is -0.491 e. The second-order valence-electron chi connectivity index (χ2n) is 8.25. The Balaban J connectivity index is 1.55. The molecule has 0 bridgehead atoms. The number of hydrogen-bond acceptors (Lipinski definition) is 3. The molecule has 158 valence electrons. The molecule has 1 saturated heterocycles. The molecule has 1 aliphatic heterocycles. The molecule has 0 aliphatic carbocycles. The highest BCUT2D eigenvalue weighted by Crippen LogP contribution is 2.30. The Morgan fingerprint density at radius 3 is 2.77 bits per heavy atom. The van der Waals surface area contributed by atoms with E-state index in [9.17, 15) is 4.79 Å². The monoisotopic (exact) mass is 405 g/mol. The maximum atomic E-state index is 12.5. The van der Waals surface area contributed by atoms with Crippen molar-refractivity contribution >= 4 is 16.9 Å². The zero-order valence-corrected chi connectivity index (χ0v) is 18.2. The molecule has 5 heteroatoms. The number of nitrogens with zero attached hydrogens (tertiary/aromatic N) is 3. The molecule has 0 unspecified atom stereocenters. The molecule has 3 aromatic rings. The lowest BCUT2D eigenvalue weighted by molar-refractivity contribution is -0.127. The van der Waals surface area contributed by atoms with Crippen LogP contribution < -0.4 is 4.74 Å². The highest BCUT2D eigenvalue weighted by Gasteiger charge is 2.33. The van der Waals surface area contributed by atoms with Gasteiger partial charge in [-0.1, -0.05) is 37.6 Å². The molecule has 0 spiro atoms. The molecule has 0 N–H and O–H groups in total. The number of fused-ring (bicyclic) bond motifs is 1. The van der Waals surface area contributed by atoms with Crippen molar-refractivity contribution in [2.75, 3.05) is 19.7 Å². The molecule has 1 aliphatic rings. The number of amides is 1. The molecule has 4 rings (SSSR count). The van der Waals surface area contributed by atoms with E-state index in [1.807, 2.05) is 35.2 Å². The standard InChI is InChI=1S/C25H31N3O2/c1-4-5-13-27-17-20(16-24(27)29)25-26-21-10-6-7-11-22(21)28(25)14-15-30-23-12-8-9-18(2)19(23)3/h6-12,20H,4-5,13-17H2,1-3H3/t20-/m1/s1. The lowest BCUT2D eigenvalue weighted by atomic mass is 10.1. The van der Waals surface area contributed by atoms with E-state index in [-0.39, 0.29) is 11.8 Å². The van der Waals surface area contributed by atoms with Crippen LogP contribution >= 0.6 is 0 Å². The Labute approximate surface area is 178 Å². The van der Waals surface area contributed by atoms with Gasteiger partial charge in [0.1, 0.15) is 18.2 Å². The van der Waals surface area contributed by atoms with Crippen molar-refractivity contribution in [3.05, 3.63) is 59.4 Å². The van der Waals surface area contributed by atoms with Crippen LogP contribution in [-0.2, 0) is 11.3 Å². The van der Waals surface area contributed by atoms with E-state index < -0.39 is 0 Å². The molecule has 5 nitrogen and oxygen atoms in total. The van der Waals surface area contributed by atoms with E-state index in [0.29, 0.717) is 19.6 Å². The second kappa shape index (κ2) is 8.90. The smallest absolute Gasteiger partial charge is 0.223 e. The zero-order chi connectivity index (χ0) is 21.1. The van der Waals surface area contributed by atoms with Crippen molar-refractivity contribution in [1.82, 2.24) is 14.5 Å². The average molecular weight is 406 g/mol. The van der Waals surface area contributed by atoms with Crippen LogP contribution in [0.3, 0.4) is 0 Å². The molecular weight excluding hydrogens is 374 g/mol. The third-order valence-electron chi connectivity index (χ3n) is 6.17. The topological polar surface area (TPSA) is 47.4 Å². The summed E-state index contributed by atoms with van der Waals surface area (Å²) in [6.07, 6.45) is 2.70. The molecule has 2 heterocycles. The van der Waals surface area contributed by atoms with Gasteiger partial charge in [0, 0.05) is 25.4 Å². The van der Waals surface area contributed by atoms with Gasteiger partial charge in [-0.3, -0.25) is 4.79 Å². The van der Waals surface area contributed by atoms with E-state index in [2.05, 4.69) is 37.5 Å². The van der Waals surface area contributed by atoms with Crippen LogP contribution in [0.15, 0.2) is 42.5 Å². The number of para-hydroxylation sites is 2. The number of carbonyl (C=O) groups is 1. The number of ether oxygens (including phenoxy) is 1. The van der Waals surface area contributed by atoms with Gasteiger partial charge in [0.15, 0.2) is 0 Å². The van der Waals surface area contributed by atoms with Gasteiger partial charge in [0.2, 0.25) is 5.91 Å². The van der Waals surface area contributed by atoms with Crippen molar-refractivity contribution in [3.63, 3.8) is 0 Å². The summed E-state index contributed by atoms with van der Waals surface area (Å²) in [5.74, 6) is 2.33. The minimum atomic E-state index is 0.141. The molecule has 30 heavy (non-hydrogen) atoms. The minimum absolute atomic E-state index is 0.141. The number of carbonyl (C=O) groups excluding carboxylic acids is 1. The fraction of sp³-hybridized carbons (Fsp3) is 0.440. The van der Waals surface area contributed by atoms with E-state index in [1.54, 1.807) is 0 Å². The SMILES string of the molecule is CCCCN1C[C@H](c2nc3ccccc3n2CCOc2cccc(C)c2C)CC1=O. The Morgan fingerprint density at radius 2 is 1.93 bits per heavy atom. The molecule has 0 saturated carbocycles. The van der Waals surface area contributed by atoms with E-state index in [1.165, 1.54) is 11.1 Å². The van der Waals surface area contributed by atoms with Crippen LogP contribution in [0.4, 0.5) is 0 Å². The number of unbranched alkanes of at least 4 members (excludes halogenated alkanes) is 1. The van der Waals surface area contributed by atoms with Gasteiger partial charge in [-0.05, 0) is 49.6 Å². The molecular formula is C25H31N3O2. The number of aryl methyl sites for hydroxylation is 1. The predicted octanol–water partition coefficient (Wildman–Crippen LogP) is 4.85. The Kier molecular flexibility index (Phi) is 6.07. The Morgan fingerprint density at radius 1 is 1.10 bits per heavy atom. The molecule has 1 fully saturated rings. The quantitative estimate of drug-likeness (QED) is 0.538. The maximum absolute atomic E-state index is 12.5. The normalized spacial score (nSPS) is 16.6. The summed E-state index contributed by atoms with van der Waals surface area (Å²) in [5, 5.41) is 0. The number of rotatable bonds is 8. The predicted molar refractivity (Wildman–Crippen MR) is 120 cm³/mol. The van der Waals surface area contributed by atoms with Gasteiger partial charge in [0.25, 0.3) is 0 Å². The van der Waals surface area contributed by atoms with Crippen molar-refractivity contribution in [3.8, 4) is 5.75 Å². The largest absolute Gasteiger partial charge is 0.491 e. The Bertz CT molecular complexity index is 1040. The summed E-state index contributed by atoms with van der Waals surface area (Å²) in [4.78, 5) is 19.5. The summed E-state index contributed by atoms with van der Waals surface area (Å²) in [6.45, 7) is 9.25. The van der Waals surface area contributed by atoms with Crippen LogP contribution in [0.5, 0.6) is 5.75 Å². The van der Waals surface area contributed by atoms with Gasteiger partial charge >= 0.3 is 0 Å². The van der Waals surface area contributed by atoms with Gasteiger partial charge < -0.3 is 14.2 Å². The first kappa shape index (κ1) is 20.5. The van der Waals surface area contributed by atoms with Crippen molar-refractivity contribution < 1.29 is 9.53 Å². The lowest BCUT2D eigenvalue weighted by Crippen LogP contribution is -2.26.